The van der Waals surface area contributed by atoms with Gasteiger partial charge in [0.2, 0.25) is 0 Å². The van der Waals surface area contributed by atoms with E-state index in [1.165, 1.54) is 11.6 Å². The Morgan fingerprint density at radius 3 is 2.27 bits per heavy atom. The summed E-state index contributed by atoms with van der Waals surface area (Å²) in [5.41, 5.74) is 2.81. The van der Waals surface area contributed by atoms with E-state index in [0.717, 1.165) is 11.1 Å². The van der Waals surface area contributed by atoms with Gasteiger partial charge in [0.05, 0.1) is 0 Å². The van der Waals surface area contributed by atoms with Crippen molar-refractivity contribution in [2.24, 2.45) is 0 Å². The second-order valence-electron chi connectivity index (χ2n) is 5.18. The van der Waals surface area contributed by atoms with Gasteiger partial charge in [0, 0.05) is 5.56 Å². The maximum Gasteiger partial charge on any atom is 0.127 e. The van der Waals surface area contributed by atoms with Crippen LogP contribution in [-0.2, 0) is 5.41 Å². The van der Waals surface area contributed by atoms with Crippen LogP contribution in [0.1, 0.15) is 45.7 Å². The molecule has 0 aliphatic heterocycles. The number of hydrogen-bond acceptors (Lipinski definition) is 0. The third-order valence-corrected chi connectivity index (χ3v) is 2.24. The molecule has 0 heterocycles. The van der Waals surface area contributed by atoms with Crippen LogP contribution in [0.5, 0.6) is 0 Å². The van der Waals surface area contributed by atoms with Crippen LogP contribution in [0.4, 0.5) is 4.39 Å². The average molecular weight is 206 g/mol. The molecule has 0 amide bonds. The summed E-state index contributed by atoms with van der Waals surface area (Å²) in [5, 5.41) is 0. The van der Waals surface area contributed by atoms with Crippen molar-refractivity contribution in [2.75, 3.05) is 0 Å². The van der Waals surface area contributed by atoms with Crippen molar-refractivity contribution in [3.63, 3.8) is 0 Å². The Kier molecular flexibility index (Phi) is 3.33. The smallest absolute Gasteiger partial charge is 0.127 e. The molecule has 0 atom stereocenters. The molecule has 0 aromatic heterocycles. The van der Waals surface area contributed by atoms with Crippen LogP contribution >= 0.6 is 0 Å². The molecule has 0 aliphatic carbocycles. The summed E-state index contributed by atoms with van der Waals surface area (Å²) in [6.07, 6.45) is 2.03. The predicted octanol–water partition coefficient (Wildman–Crippen LogP) is 4.55. The minimum absolute atomic E-state index is 0.113. The van der Waals surface area contributed by atoms with E-state index < -0.39 is 0 Å². The standard InChI is InChI=1S/C14H19F/c1-10(2)9-11-7-6-8-12(15)13(11)14(3,4)5/h6-9H,1-5H3. The van der Waals surface area contributed by atoms with Gasteiger partial charge in [0.25, 0.3) is 0 Å². The number of rotatable bonds is 1. The van der Waals surface area contributed by atoms with Crippen molar-refractivity contribution < 1.29 is 4.39 Å². The van der Waals surface area contributed by atoms with Gasteiger partial charge in [-0.25, -0.2) is 4.39 Å². The number of benzene rings is 1. The second-order valence-corrected chi connectivity index (χ2v) is 5.18. The van der Waals surface area contributed by atoms with E-state index in [1.54, 1.807) is 6.07 Å². The van der Waals surface area contributed by atoms with E-state index in [1.807, 2.05) is 46.8 Å². The molecule has 0 radical (unpaired) electrons. The maximum atomic E-state index is 13.8. The predicted molar refractivity (Wildman–Crippen MR) is 64.4 cm³/mol. The summed E-state index contributed by atoms with van der Waals surface area (Å²) in [6, 6.07) is 5.26. The molecule has 1 heteroatoms. The molecule has 1 aromatic carbocycles. The molecule has 15 heavy (non-hydrogen) atoms. The Balaban J connectivity index is 3.40. The molecule has 0 saturated heterocycles. The van der Waals surface area contributed by atoms with Crippen molar-refractivity contribution in [1.29, 1.82) is 0 Å². The van der Waals surface area contributed by atoms with E-state index in [0.29, 0.717) is 0 Å². The van der Waals surface area contributed by atoms with Gasteiger partial charge in [-0.1, -0.05) is 44.6 Å². The van der Waals surface area contributed by atoms with Gasteiger partial charge in [-0.15, -0.1) is 0 Å². The molecule has 1 aromatic rings. The van der Waals surface area contributed by atoms with Crippen molar-refractivity contribution in [3.05, 3.63) is 40.7 Å². The third kappa shape index (κ3) is 2.92. The first-order chi connectivity index (χ1) is 6.82. The number of halogens is 1. The molecule has 0 nitrogen and oxygen atoms in total. The third-order valence-electron chi connectivity index (χ3n) is 2.24. The summed E-state index contributed by atoms with van der Waals surface area (Å²) < 4.78 is 13.8. The summed E-state index contributed by atoms with van der Waals surface area (Å²) in [6.45, 7) is 10.2. The van der Waals surface area contributed by atoms with Crippen LogP contribution < -0.4 is 0 Å². The zero-order chi connectivity index (χ0) is 11.6. The van der Waals surface area contributed by atoms with Gasteiger partial charge < -0.3 is 0 Å². The summed E-state index contributed by atoms with van der Waals surface area (Å²) in [5.74, 6) is -0.113. The Hall–Kier alpha value is -1.11. The van der Waals surface area contributed by atoms with Crippen LogP contribution in [0, 0.1) is 5.82 Å². The first-order valence-corrected chi connectivity index (χ1v) is 5.26. The fourth-order valence-corrected chi connectivity index (χ4v) is 1.76. The van der Waals surface area contributed by atoms with Gasteiger partial charge in [-0.3, -0.25) is 0 Å². The van der Waals surface area contributed by atoms with Crippen LogP contribution in [0.3, 0.4) is 0 Å². The van der Waals surface area contributed by atoms with Crippen LogP contribution in [0.15, 0.2) is 23.8 Å². The molecule has 0 aliphatic rings. The van der Waals surface area contributed by atoms with E-state index >= 15 is 0 Å². The van der Waals surface area contributed by atoms with Crippen molar-refractivity contribution in [1.82, 2.24) is 0 Å². The average Bonchev–Trinajstić information content (AvgIpc) is 1.99. The van der Waals surface area contributed by atoms with Crippen molar-refractivity contribution >= 4 is 6.08 Å². The summed E-state index contributed by atoms with van der Waals surface area (Å²) >= 11 is 0. The SMILES string of the molecule is CC(C)=Cc1cccc(F)c1C(C)(C)C. The Bertz CT molecular complexity index is 377. The number of allylic oxidation sites excluding steroid dienone is 1. The van der Waals surface area contributed by atoms with Crippen LogP contribution in [0.25, 0.3) is 6.08 Å². The molecular formula is C14H19F. The first kappa shape index (κ1) is 12.0. The highest BCUT2D eigenvalue weighted by atomic mass is 19.1. The lowest BCUT2D eigenvalue weighted by Crippen LogP contribution is -2.15. The van der Waals surface area contributed by atoms with Gasteiger partial charge in [0.15, 0.2) is 0 Å². The van der Waals surface area contributed by atoms with Crippen LogP contribution in [-0.4, -0.2) is 0 Å². The normalized spacial score (nSPS) is 11.3. The van der Waals surface area contributed by atoms with Crippen molar-refractivity contribution in [2.45, 2.75) is 40.0 Å². The molecule has 82 valence electrons. The monoisotopic (exact) mass is 206 g/mol. The van der Waals surface area contributed by atoms with Gasteiger partial charge in [-0.05, 0) is 30.9 Å². The first-order valence-electron chi connectivity index (χ1n) is 5.26. The topological polar surface area (TPSA) is 0 Å². The lowest BCUT2D eigenvalue weighted by Gasteiger charge is -2.22. The van der Waals surface area contributed by atoms with E-state index in [-0.39, 0.29) is 11.2 Å². The number of hydrogen-bond donors (Lipinski definition) is 0. The zero-order valence-electron chi connectivity index (χ0n) is 10.2. The molecule has 0 spiro atoms. The van der Waals surface area contributed by atoms with Gasteiger partial charge in [0.1, 0.15) is 5.82 Å². The minimum atomic E-state index is -0.160. The van der Waals surface area contributed by atoms with E-state index in [9.17, 15) is 4.39 Å². The van der Waals surface area contributed by atoms with Gasteiger partial charge in [-0.2, -0.15) is 0 Å². The van der Waals surface area contributed by atoms with E-state index in [4.69, 9.17) is 0 Å². The van der Waals surface area contributed by atoms with E-state index in [2.05, 4.69) is 0 Å². The molecule has 0 N–H and O–H groups in total. The van der Waals surface area contributed by atoms with Crippen LogP contribution in [0.2, 0.25) is 0 Å². The quantitative estimate of drug-likeness (QED) is 0.632. The maximum absolute atomic E-state index is 13.8. The Morgan fingerprint density at radius 1 is 1.20 bits per heavy atom. The molecule has 1 rings (SSSR count). The Labute approximate surface area is 91.8 Å². The summed E-state index contributed by atoms with van der Waals surface area (Å²) in [4.78, 5) is 0. The van der Waals surface area contributed by atoms with Gasteiger partial charge >= 0.3 is 0 Å². The molecule has 0 saturated carbocycles. The molecule has 0 fully saturated rings. The Morgan fingerprint density at radius 2 is 1.80 bits per heavy atom. The fraction of sp³-hybridized carbons (Fsp3) is 0.429. The molecular weight excluding hydrogens is 187 g/mol. The largest absolute Gasteiger partial charge is 0.207 e. The lowest BCUT2D eigenvalue weighted by atomic mass is 9.83. The second kappa shape index (κ2) is 4.18. The van der Waals surface area contributed by atoms with Crippen molar-refractivity contribution in [3.8, 4) is 0 Å². The fourth-order valence-electron chi connectivity index (χ4n) is 1.76. The highest BCUT2D eigenvalue weighted by Crippen LogP contribution is 2.29. The minimum Gasteiger partial charge on any atom is -0.207 e. The zero-order valence-corrected chi connectivity index (χ0v) is 10.2. The molecule has 0 unspecified atom stereocenters. The highest BCUT2D eigenvalue weighted by Gasteiger charge is 2.20. The lowest BCUT2D eigenvalue weighted by molar-refractivity contribution is 0.522. The highest BCUT2D eigenvalue weighted by molar-refractivity contribution is 5.58. The molecule has 0 bridgehead atoms. The summed E-state index contributed by atoms with van der Waals surface area (Å²) in [7, 11) is 0.